The largest absolute Gasteiger partial charge is 0.327 e. The number of pyridine rings is 1. The molecule has 2 rings (SSSR count). The van der Waals surface area contributed by atoms with E-state index < -0.39 is 0 Å². The number of halogens is 1. The zero-order chi connectivity index (χ0) is 15.2. The van der Waals surface area contributed by atoms with Gasteiger partial charge in [-0.3, -0.25) is 0 Å². The van der Waals surface area contributed by atoms with E-state index >= 15 is 0 Å². The molecule has 112 valence electrons. The van der Waals surface area contributed by atoms with E-state index in [1.54, 1.807) is 17.0 Å². The molecule has 0 unspecified atom stereocenters. The van der Waals surface area contributed by atoms with E-state index in [9.17, 15) is 4.39 Å². The van der Waals surface area contributed by atoms with Gasteiger partial charge in [-0.2, -0.15) is 0 Å². The molecule has 0 saturated carbocycles. The highest BCUT2D eigenvalue weighted by Gasteiger charge is 2.09. The van der Waals surface area contributed by atoms with E-state index in [2.05, 4.69) is 24.1 Å². The number of hydrogen-bond donors (Lipinski definition) is 1. The Morgan fingerprint density at radius 2 is 1.95 bits per heavy atom. The van der Waals surface area contributed by atoms with E-state index in [4.69, 9.17) is 0 Å². The minimum absolute atomic E-state index is 0.246. The van der Waals surface area contributed by atoms with Crippen LogP contribution in [0, 0.1) is 11.7 Å². The number of aromatic nitrogens is 1. The molecule has 1 N–H and O–H groups in total. The molecular formula is C17H22FN3. The fourth-order valence-corrected chi connectivity index (χ4v) is 2.07. The van der Waals surface area contributed by atoms with E-state index in [0.29, 0.717) is 11.6 Å². The second kappa shape index (κ2) is 7.18. The SMILES string of the molecule is CC(C)CNCc1ccc(N(C)c2ccccc2F)nc1. The summed E-state index contributed by atoms with van der Waals surface area (Å²) in [6.07, 6.45) is 1.83. The second-order valence-corrected chi connectivity index (χ2v) is 5.56. The third kappa shape index (κ3) is 4.26. The van der Waals surface area contributed by atoms with Crippen molar-refractivity contribution in [1.29, 1.82) is 0 Å². The molecule has 0 saturated heterocycles. The third-order valence-electron chi connectivity index (χ3n) is 3.25. The van der Waals surface area contributed by atoms with E-state index in [1.165, 1.54) is 6.07 Å². The van der Waals surface area contributed by atoms with Crippen LogP contribution in [0.3, 0.4) is 0 Å². The third-order valence-corrected chi connectivity index (χ3v) is 3.25. The smallest absolute Gasteiger partial charge is 0.146 e. The Kier molecular flexibility index (Phi) is 5.28. The molecule has 21 heavy (non-hydrogen) atoms. The van der Waals surface area contributed by atoms with Gasteiger partial charge in [-0.15, -0.1) is 0 Å². The van der Waals surface area contributed by atoms with Crippen LogP contribution in [0.2, 0.25) is 0 Å². The average Bonchev–Trinajstić information content (AvgIpc) is 2.47. The lowest BCUT2D eigenvalue weighted by Gasteiger charge is -2.19. The molecule has 1 aromatic heterocycles. The molecule has 0 aliphatic heterocycles. The molecular weight excluding hydrogens is 265 g/mol. The number of nitrogens with one attached hydrogen (secondary N) is 1. The van der Waals surface area contributed by atoms with Crippen molar-refractivity contribution in [3.8, 4) is 0 Å². The van der Waals surface area contributed by atoms with Gasteiger partial charge in [0.25, 0.3) is 0 Å². The first kappa shape index (κ1) is 15.4. The van der Waals surface area contributed by atoms with Crippen LogP contribution in [0.5, 0.6) is 0 Å². The lowest BCUT2D eigenvalue weighted by atomic mass is 10.2. The van der Waals surface area contributed by atoms with Gasteiger partial charge in [0.1, 0.15) is 11.6 Å². The lowest BCUT2D eigenvalue weighted by molar-refractivity contribution is 0.552. The highest BCUT2D eigenvalue weighted by Crippen LogP contribution is 2.24. The summed E-state index contributed by atoms with van der Waals surface area (Å²) in [4.78, 5) is 6.16. The predicted octanol–water partition coefficient (Wildman–Crippen LogP) is 3.73. The van der Waals surface area contributed by atoms with Gasteiger partial charge in [0.15, 0.2) is 0 Å². The summed E-state index contributed by atoms with van der Waals surface area (Å²) in [6.45, 7) is 6.14. The van der Waals surface area contributed by atoms with Crippen LogP contribution in [-0.2, 0) is 6.54 Å². The average molecular weight is 287 g/mol. The normalized spacial score (nSPS) is 10.9. The molecule has 1 aromatic carbocycles. The fourth-order valence-electron chi connectivity index (χ4n) is 2.07. The Hall–Kier alpha value is -1.94. The van der Waals surface area contributed by atoms with Gasteiger partial charge in [0, 0.05) is 19.8 Å². The zero-order valence-electron chi connectivity index (χ0n) is 12.8. The Balaban J connectivity index is 2.03. The maximum absolute atomic E-state index is 13.8. The molecule has 0 radical (unpaired) electrons. The topological polar surface area (TPSA) is 28.2 Å². The molecule has 4 heteroatoms. The van der Waals surface area contributed by atoms with E-state index in [-0.39, 0.29) is 5.82 Å². The molecule has 0 spiro atoms. The summed E-state index contributed by atoms with van der Waals surface area (Å²) in [6, 6.07) is 10.6. The minimum atomic E-state index is -0.246. The van der Waals surface area contributed by atoms with Crippen molar-refractivity contribution in [3.05, 3.63) is 54.0 Å². The highest BCUT2D eigenvalue weighted by molar-refractivity contribution is 5.59. The Bertz CT molecular complexity index is 567. The lowest BCUT2D eigenvalue weighted by Crippen LogP contribution is -2.19. The summed E-state index contributed by atoms with van der Waals surface area (Å²) in [5.41, 5.74) is 1.65. The van der Waals surface area contributed by atoms with Gasteiger partial charge >= 0.3 is 0 Å². The Morgan fingerprint density at radius 1 is 1.19 bits per heavy atom. The molecule has 1 heterocycles. The standard InChI is InChI=1S/C17H22FN3/c1-13(2)10-19-11-14-8-9-17(20-12-14)21(3)16-7-5-4-6-15(16)18/h4-9,12-13,19H,10-11H2,1-3H3. The van der Waals surface area contributed by atoms with Crippen molar-refractivity contribution in [2.24, 2.45) is 5.92 Å². The fraction of sp³-hybridized carbons (Fsp3) is 0.353. The van der Waals surface area contributed by atoms with Crippen LogP contribution in [0.25, 0.3) is 0 Å². The predicted molar refractivity (Wildman–Crippen MR) is 85.2 cm³/mol. The Labute approximate surface area is 125 Å². The summed E-state index contributed by atoms with van der Waals surface area (Å²) in [5, 5.41) is 3.38. The molecule has 0 bridgehead atoms. The van der Waals surface area contributed by atoms with Crippen molar-refractivity contribution < 1.29 is 4.39 Å². The van der Waals surface area contributed by atoms with Gasteiger partial charge in [0.05, 0.1) is 5.69 Å². The van der Waals surface area contributed by atoms with E-state index in [0.717, 1.165) is 24.5 Å². The number of anilines is 2. The maximum Gasteiger partial charge on any atom is 0.146 e. The first-order chi connectivity index (χ1) is 10.1. The quantitative estimate of drug-likeness (QED) is 0.877. The van der Waals surface area contributed by atoms with Crippen LogP contribution in [0.15, 0.2) is 42.6 Å². The number of rotatable bonds is 6. The van der Waals surface area contributed by atoms with E-state index in [1.807, 2.05) is 31.4 Å². The van der Waals surface area contributed by atoms with Crippen LogP contribution < -0.4 is 10.2 Å². The van der Waals surface area contributed by atoms with Crippen molar-refractivity contribution in [2.75, 3.05) is 18.5 Å². The van der Waals surface area contributed by atoms with Gasteiger partial charge < -0.3 is 10.2 Å². The molecule has 0 aliphatic rings. The summed E-state index contributed by atoms with van der Waals surface area (Å²) >= 11 is 0. The molecule has 0 amide bonds. The summed E-state index contributed by atoms with van der Waals surface area (Å²) in [5.74, 6) is 1.11. The molecule has 0 aliphatic carbocycles. The highest BCUT2D eigenvalue weighted by atomic mass is 19.1. The van der Waals surface area contributed by atoms with Gasteiger partial charge in [-0.05, 0) is 36.2 Å². The number of nitrogens with zero attached hydrogens (tertiary/aromatic N) is 2. The van der Waals surface area contributed by atoms with Gasteiger partial charge in [-0.25, -0.2) is 9.37 Å². The van der Waals surface area contributed by atoms with Crippen LogP contribution in [0.1, 0.15) is 19.4 Å². The van der Waals surface area contributed by atoms with Crippen molar-refractivity contribution in [1.82, 2.24) is 10.3 Å². The number of benzene rings is 1. The van der Waals surface area contributed by atoms with Crippen molar-refractivity contribution in [2.45, 2.75) is 20.4 Å². The minimum Gasteiger partial charge on any atom is -0.327 e. The number of para-hydroxylation sites is 1. The van der Waals surface area contributed by atoms with Crippen LogP contribution in [-0.4, -0.2) is 18.6 Å². The van der Waals surface area contributed by atoms with Crippen LogP contribution in [0.4, 0.5) is 15.9 Å². The van der Waals surface area contributed by atoms with Gasteiger partial charge in [-0.1, -0.05) is 32.0 Å². The van der Waals surface area contributed by atoms with Crippen molar-refractivity contribution in [3.63, 3.8) is 0 Å². The summed E-state index contributed by atoms with van der Waals surface area (Å²) in [7, 11) is 1.82. The molecule has 2 aromatic rings. The monoisotopic (exact) mass is 287 g/mol. The molecule has 3 nitrogen and oxygen atoms in total. The van der Waals surface area contributed by atoms with Crippen molar-refractivity contribution >= 4 is 11.5 Å². The Morgan fingerprint density at radius 3 is 2.57 bits per heavy atom. The maximum atomic E-state index is 13.8. The van der Waals surface area contributed by atoms with Gasteiger partial charge in [0.2, 0.25) is 0 Å². The molecule has 0 atom stereocenters. The number of hydrogen-bond acceptors (Lipinski definition) is 3. The molecule has 0 fully saturated rings. The summed E-state index contributed by atoms with van der Waals surface area (Å²) < 4.78 is 13.8. The second-order valence-electron chi connectivity index (χ2n) is 5.56. The first-order valence-corrected chi connectivity index (χ1v) is 7.22. The zero-order valence-corrected chi connectivity index (χ0v) is 12.8. The first-order valence-electron chi connectivity index (χ1n) is 7.22. The van der Waals surface area contributed by atoms with Crippen LogP contribution >= 0.6 is 0 Å².